The zero-order valence-electron chi connectivity index (χ0n) is 23.3. The molecule has 41 heavy (non-hydrogen) atoms. The van der Waals surface area contributed by atoms with Gasteiger partial charge >= 0.3 is 0 Å². The number of hydrogen-bond acceptors (Lipinski definition) is 10. The summed E-state index contributed by atoms with van der Waals surface area (Å²) in [4.78, 5) is 20.3. The van der Waals surface area contributed by atoms with Crippen molar-refractivity contribution in [3.63, 3.8) is 0 Å². The molecule has 1 aliphatic rings. The number of aromatic nitrogens is 6. The predicted octanol–water partition coefficient (Wildman–Crippen LogP) is 5.32. The third-order valence-electron chi connectivity index (χ3n) is 7.16. The lowest BCUT2D eigenvalue weighted by Crippen LogP contribution is -2.20. The van der Waals surface area contributed by atoms with Crippen LogP contribution < -0.4 is 25.6 Å². The van der Waals surface area contributed by atoms with Crippen LogP contribution in [0.5, 0.6) is 5.75 Å². The van der Waals surface area contributed by atoms with Gasteiger partial charge in [0.2, 0.25) is 5.95 Å². The van der Waals surface area contributed by atoms with Gasteiger partial charge in [-0.1, -0.05) is 0 Å². The van der Waals surface area contributed by atoms with E-state index >= 15 is 0 Å². The third-order valence-corrected chi connectivity index (χ3v) is 9.27. The molecule has 0 saturated carbocycles. The largest absolute Gasteiger partial charge is 0.494 e. The number of ether oxygens (including phenoxy) is 1. The Balaban J connectivity index is 1.40. The van der Waals surface area contributed by atoms with E-state index in [1.54, 1.807) is 39.0 Å². The summed E-state index contributed by atoms with van der Waals surface area (Å²) >= 11 is 3.56. The molecule has 3 aromatic heterocycles. The van der Waals surface area contributed by atoms with E-state index in [0.717, 1.165) is 35.5 Å². The Labute approximate surface area is 245 Å². The molecule has 13 heteroatoms. The van der Waals surface area contributed by atoms with Crippen LogP contribution in [0, 0.1) is 0 Å². The lowest BCUT2D eigenvalue weighted by molar-refractivity contribution is 0.417. The molecule has 0 aliphatic carbocycles. The zero-order chi connectivity index (χ0) is 28.9. The van der Waals surface area contributed by atoms with Gasteiger partial charge in [-0.2, -0.15) is 10.1 Å². The standard InChI is InChI=1S/C28H29BrN9O2P/c1-37-11-8-22-17(14-33-38(22)2)16-12-21(24(40-3)13-23(16)37)35-28-32-15-18(29)27(36-28)34-20-7-6-19-25(31-10-9-30-19)26(20)41(4,5)39/h6-7,9-10,12-15H,8,11H2,1-5H3,(H2,32,34,35,36). The van der Waals surface area contributed by atoms with Gasteiger partial charge in [-0.05, 0) is 47.5 Å². The van der Waals surface area contributed by atoms with Crippen LogP contribution >= 0.6 is 23.1 Å². The number of aryl methyl sites for hydroxylation is 1. The molecule has 0 saturated heterocycles. The molecule has 4 heterocycles. The van der Waals surface area contributed by atoms with Gasteiger partial charge in [-0.15, -0.1) is 0 Å². The highest BCUT2D eigenvalue weighted by molar-refractivity contribution is 9.10. The minimum atomic E-state index is -2.74. The van der Waals surface area contributed by atoms with Crippen molar-refractivity contribution < 1.29 is 9.30 Å². The van der Waals surface area contributed by atoms with Gasteiger partial charge in [-0.25, -0.2) is 4.98 Å². The van der Waals surface area contributed by atoms with Gasteiger partial charge in [0, 0.05) is 74.2 Å². The highest BCUT2D eigenvalue weighted by Crippen LogP contribution is 2.43. The molecule has 0 fully saturated rings. The van der Waals surface area contributed by atoms with Crippen LogP contribution in [0.2, 0.25) is 0 Å². The normalized spacial score (nSPS) is 13.0. The molecule has 11 nitrogen and oxygen atoms in total. The smallest absolute Gasteiger partial charge is 0.229 e. The first-order valence-corrected chi connectivity index (χ1v) is 16.3. The quantitative estimate of drug-likeness (QED) is 0.238. The molecule has 2 aromatic carbocycles. The fourth-order valence-electron chi connectivity index (χ4n) is 5.18. The van der Waals surface area contributed by atoms with Crippen LogP contribution in [0.1, 0.15) is 5.69 Å². The van der Waals surface area contributed by atoms with Crippen molar-refractivity contribution in [1.82, 2.24) is 29.7 Å². The topological polar surface area (TPSA) is 123 Å². The predicted molar refractivity (Wildman–Crippen MR) is 167 cm³/mol. The molecular formula is C28H29BrN9O2P. The maximum atomic E-state index is 13.4. The van der Waals surface area contributed by atoms with E-state index in [9.17, 15) is 4.57 Å². The Kier molecular flexibility index (Phi) is 6.91. The van der Waals surface area contributed by atoms with Crippen LogP contribution in [-0.4, -0.2) is 63.7 Å². The summed E-state index contributed by atoms with van der Waals surface area (Å²) in [6, 6.07) is 7.78. The lowest BCUT2D eigenvalue weighted by atomic mass is 10.0. The minimum absolute atomic E-state index is 0.362. The average Bonchev–Trinajstić information content (AvgIpc) is 3.25. The van der Waals surface area contributed by atoms with Gasteiger partial charge < -0.3 is 24.8 Å². The highest BCUT2D eigenvalue weighted by Gasteiger charge is 2.25. The molecule has 5 aromatic rings. The second-order valence-corrected chi connectivity index (χ2v) is 14.2. The fraction of sp³-hybridized carbons (Fsp3) is 0.250. The third kappa shape index (κ3) is 5.02. The van der Waals surface area contributed by atoms with Crippen LogP contribution in [0.15, 0.2) is 53.5 Å². The van der Waals surface area contributed by atoms with E-state index in [4.69, 9.17) is 9.72 Å². The summed E-state index contributed by atoms with van der Waals surface area (Å²) < 4.78 is 21.7. The van der Waals surface area contributed by atoms with Gasteiger partial charge in [0.15, 0.2) is 0 Å². The van der Waals surface area contributed by atoms with E-state index in [0.29, 0.717) is 44.0 Å². The first-order chi connectivity index (χ1) is 19.6. The molecule has 0 unspecified atom stereocenters. The van der Waals surface area contributed by atoms with Crippen molar-refractivity contribution >= 4 is 68.2 Å². The summed E-state index contributed by atoms with van der Waals surface area (Å²) in [7, 11) is 2.96. The van der Waals surface area contributed by atoms with Gasteiger partial charge in [0.05, 0.1) is 40.0 Å². The number of hydrogen-bond donors (Lipinski definition) is 2. The number of rotatable bonds is 6. The van der Waals surface area contributed by atoms with Gasteiger partial charge in [0.1, 0.15) is 24.2 Å². The molecule has 210 valence electrons. The summed E-state index contributed by atoms with van der Waals surface area (Å²) in [6.07, 6.45) is 7.69. The van der Waals surface area contributed by atoms with Crippen molar-refractivity contribution in [2.45, 2.75) is 6.42 Å². The van der Waals surface area contributed by atoms with Gasteiger partial charge in [0.25, 0.3) is 0 Å². The number of fused-ring (bicyclic) bond motifs is 4. The van der Waals surface area contributed by atoms with Crippen molar-refractivity contribution in [2.75, 3.05) is 49.6 Å². The molecule has 0 radical (unpaired) electrons. The molecule has 2 N–H and O–H groups in total. The van der Waals surface area contributed by atoms with Crippen molar-refractivity contribution in [3.05, 3.63) is 59.2 Å². The number of likely N-dealkylation sites (N-methyl/N-ethyl adjacent to an activating group) is 1. The van der Waals surface area contributed by atoms with E-state index in [2.05, 4.69) is 64.6 Å². The molecule has 0 amide bonds. The molecule has 0 bridgehead atoms. The number of methoxy groups -OCH3 is 1. The summed E-state index contributed by atoms with van der Waals surface area (Å²) in [5, 5.41) is 11.8. The Bertz CT molecular complexity index is 1850. The van der Waals surface area contributed by atoms with Crippen LogP contribution in [0.25, 0.3) is 22.2 Å². The number of anilines is 5. The van der Waals surface area contributed by atoms with E-state index < -0.39 is 7.14 Å². The Morgan fingerprint density at radius 2 is 1.80 bits per heavy atom. The SMILES string of the molecule is COc1cc2c(cc1Nc1ncc(Br)c(Nc3ccc4nccnc4c3P(C)(C)=O)n1)-c1cnn(C)c1CCN2C. The monoisotopic (exact) mass is 633 g/mol. The van der Waals surface area contributed by atoms with Crippen LogP contribution in [0.4, 0.5) is 28.8 Å². The Hall–Kier alpha value is -4.02. The van der Waals surface area contributed by atoms with E-state index in [1.807, 2.05) is 36.1 Å². The molecule has 1 aliphatic heterocycles. The first-order valence-electron chi connectivity index (χ1n) is 12.9. The number of nitrogens with one attached hydrogen (secondary N) is 2. The summed E-state index contributed by atoms with van der Waals surface area (Å²) in [5.74, 6) is 1.53. The molecular weight excluding hydrogens is 605 g/mol. The zero-order valence-corrected chi connectivity index (χ0v) is 25.8. The van der Waals surface area contributed by atoms with Gasteiger partial charge in [-0.3, -0.25) is 14.6 Å². The number of halogens is 1. The second-order valence-electron chi connectivity index (χ2n) is 10.2. The number of benzene rings is 2. The molecule has 0 atom stereocenters. The van der Waals surface area contributed by atoms with E-state index in [1.165, 1.54) is 5.69 Å². The van der Waals surface area contributed by atoms with Crippen LogP contribution in [0.3, 0.4) is 0 Å². The molecule has 0 spiro atoms. The Morgan fingerprint density at radius 3 is 2.59 bits per heavy atom. The maximum Gasteiger partial charge on any atom is 0.229 e. The second kappa shape index (κ2) is 10.4. The highest BCUT2D eigenvalue weighted by atomic mass is 79.9. The average molecular weight is 634 g/mol. The number of nitrogens with zero attached hydrogens (tertiary/aromatic N) is 7. The fourth-order valence-corrected chi connectivity index (χ4v) is 6.86. The van der Waals surface area contributed by atoms with Crippen molar-refractivity contribution in [2.24, 2.45) is 7.05 Å². The van der Waals surface area contributed by atoms with Crippen molar-refractivity contribution in [3.8, 4) is 16.9 Å². The van der Waals surface area contributed by atoms with Crippen molar-refractivity contribution in [1.29, 1.82) is 0 Å². The van der Waals surface area contributed by atoms with Crippen LogP contribution in [-0.2, 0) is 18.0 Å². The summed E-state index contributed by atoms with van der Waals surface area (Å²) in [6.45, 7) is 4.31. The first kappa shape index (κ1) is 27.2. The summed E-state index contributed by atoms with van der Waals surface area (Å²) in [5.41, 5.74) is 7.03. The minimum Gasteiger partial charge on any atom is -0.494 e. The maximum absolute atomic E-state index is 13.4. The van der Waals surface area contributed by atoms with E-state index in [-0.39, 0.29) is 0 Å². The Morgan fingerprint density at radius 1 is 1.00 bits per heavy atom. The lowest BCUT2D eigenvalue weighted by Gasteiger charge is -2.22. The molecule has 6 rings (SSSR count).